The van der Waals surface area contributed by atoms with E-state index < -0.39 is 0 Å². The van der Waals surface area contributed by atoms with Gasteiger partial charge in [-0.1, -0.05) is 30.3 Å². The Kier molecular flexibility index (Phi) is 2.92. The molecule has 0 amide bonds. The summed E-state index contributed by atoms with van der Waals surface area (Å²) in [5.74, 6) is 0. The summed E-state index contributed by atoms with van der Waals surface area (Å²) in [6, 6.07) is 11.5. The second-order valence-electron chi connectivity index (χ2n) is 4.74. The van der Waals surface area contributed by atoms with Crippen molar-refractivity contribution < 1.29 is 4.48 Å². The summed E-state index contributed by atoms with van der Waals surface area (Å²) in [5, 5.41) is 0. The molecule has 1 aliphatic heterocycles. The Hall–Kier alpha value is -1.08. The molecule has 15 heavy (non-hydrogen) atoms. The van der Waals surface area contributed by atoms with Crippen LogP contribution in [-0.2, 0) is 6.42 Å². The van der Waals surface area contributed by atoms with Gasteiger partial charge in [0, 0.05) is 19.3 Å². The van der Waals surface area contributed by atoms with Crippen LogP contribution in [0.3, 0.4) is 0 Å². The molecule has 1 heteroatoms. The number of hydrogen-bond donors (Lipinski definition) is 0. The number of benzene rings is 1. The number of likely N-dealkylation sites (tertiary alicyclic amines) is 1. The molecular formula is C14H20N+. The first-order valence-electron chi connectivity index (χ1n) is 5.77. The van der Waals surface area contributed by atoms with E-state index in [1.54, 1.807) is 0 Å². The fourth-order valence-electron chi connectivity index (χ4n) is 2.58. The van der Waals surface area contributed by atoms with Crippen LogP contribution >= 0.6 is 0 Å². The van der Waals surface area contributed by atoms with Gasteiger partial charge in [0.15, 0.2) is 0 Å². The van der Waals surface area contributed by atoms with Crippen molar-refractivity contribution >= 4 is 0 Å². The molecule has 2 rings (SSSR count). The fourth-order valence-corrected chi connectivity index (χ4v) is 2.58. The molecule has 0 aliphatic carbocycles. The number of nitrogens with zero attached hydrogens (tertiary/aromatic N) is 1. The van der Waals surface area contributed by atoms with E-state index in [9.17, 15) is 0 Å². The van der Waals surface area contributed by atoms with Gasteiger partial charge >= 0.3 is 0 Å². The molecule has 0 radical (unpaired) electrons. The molecule has 0 N–H and O–H groups in total. The number of hydrogen-bond acceptors (Lipinski definition) is 0. The molecule has 1 nitrogen and oxygen atoms in total. The summed E-state index contributed by atoms with van der Waals surface area (Å²) in [5.41, 5.74) is 1.45. The standard InChI is InChI=1S/C14H20N/c1-3-15(2)11-7-10-14(15)12-13-8-5-4-6-9-13/h3-6,8-9,14H,1,7,10-12H2,2H3/q+1. The summed E-state index contributed by atoms with van der Waals surface area (Å²) in [6.45, 7) is 5.23. The molecule has 0 spiro atoms. The molecule has 1 aliphatic rings. The monoisotopic (exact) mass is 202 g/mol. The summed E-state index contributed by atoms with van der Waals surface area (Å²) >= 11 is 0. The number of likely N-dealkylation sites (N-methyl/N-ethyl adjacent to an activating group) is 1. The first kappa shape index (κ1) is 10.4. The highest BCUT2D eigenvalue weighted by Crippen LogP contribution is 2.27. The molecule has 80 valence electrons. The van der Waals surface area contributed by atoms with Crippen LogP contribution in [0.25, 0.3) is 0 Å². The summed E-state index contributed by atoms with van der Waals surface area (Å²) in [6.07, 6.45) is 5.96. The van der Waals surface area contributed by atoms with Gasteiger partial charge in [-0.05, 0) is 12.1 Å². The molecule has 0 bridgehead atoms. The van der Waals surface area contributed by atoms with Crippen molar-refractivity contribution in [3.05, 3.63) is 48.7 Å². The molecular weight excluding hydrogens is 182 g/mol. The zero-order valence-corrected chi connectivity index (χ0v) is 9.52. The Bertz CT molecular complexity index is 330. The van der Waals surface area contributed by atoms with E-state index in [-0.39, 0.29) is 0 Å². The predicted octanol–water partition coefficient (Wildman–Crippen LogP) is 2.98. The highest BCUT2D eigenvalue weighted by atomic mass is 15.4. The third-order valence-corrected chi connectivity index (χ3v) is 3.74. The van der Waals surface area contributed by atoms with Crippen molar-refractivity contribution in [1.82, 2.24) is 0 Å². The van der Waals surface area contributed by atoms with Gasteiger partial charge in [-0.25, -0.2) is 0 Å². The van der Waals surface area contributed by atoms with E-state index in [1.807, 2.05) is 0 Å². The van der Waals surface area contributed by atoms with Crippen LogP contribution in [0.2, 0.25) is 0 Å². The van der Waals surface area contributed by atoms with Gasteiger partial charge in [-0.3, -0.25) is 4.48 Å². The molecule has 1 aromatic rings. The maximum Gasteiger partial charge on any atom is 0.0973 e. The maximum absolute atomic E-state index is 3.98. The largest absolute Gasteiger partial charge is 0.298 e. The van der Waals surface area contributed by atoms with Crippen LogP contribution in [0.5, 0.6) is 0 Å². The third-order valence-electron chi connectivity index (χ3n) is 3.74. The molecule has 2 atom stereocenters. The van der Waals surface area contributed by atoms with Crippen molar-refractivity contribution in [2.45, 2.75) is 25.3 Å². The first-order valence-corrected chi connectivity index (χ1v) is 5.77. The van der Waals surface area contributed by atoms with Crippen molar-refractivity contribution in [1.29, 1.82) is 0 Å². The second kappa shape index (κ2) is 4.19. The summed E-state index contributed by atoms with van der Waals surface area (Å²) in [4.78, 5) is 0. The van der Waals surface area contributed by atoms with E-state index in [2.05, 4.69) is 50.2 Å². The zero-order chi connectivity index (χ0) is 10.7. The minimum atomic E-state index is 0.727. The van der Waals surface area contributed by atoms with Gasteiger partial charge in [0.25, 0.3) is 0 Å². The van der Waals surface area contributed by atoms with E-state index in [4.69, 9.17) is 0 Å². The minimum Gasteiger partial charge on any atom is -0.298 e. The van der Waals surface area contributed by atoms with Crippen molar-refractivity contribution in [3.63, 3.8) is 0 Å². The Morgan fingerprint density at radius 1 is 1.40 bits per heavy atom. The highest BCUT2D eigenvalue weighted by molar-refractivity contribution is 5.15. The average Bonchev–Trinajstić information content (AvgIpc) is 2.63. The Labute approximate surface area is 92.6 Å². The average molecular weight is 202 g/mol. The number of quaternary nitrogens is 1. The lowest BCUT2D eigenvalue weighted by atomic mass is 10.0. The Morgan fingerprint density at radius 3 is 2.80 bits per heavy atom. The quantitative estimate of drug-likeness (QED) is 0.661. The van der Waals surface area contributed by atoms with Gasteiger partial charge in [-0.2, -0.15) is 0 Å². The van der Waals surface area contributed by atoms with Gasteiger partial charge in [-0.15, -0.1) is 0 Å². The third kappa shape index (κ3) is 2.13. The molecule has 1 saturated heterocycles. The Balaban J connectivity index is 2.09. The lowest BCUT2D eigenvalue weighted by Crippen LogP contribution is -2.43. The predicted molar refractivity (Wildman–Crippen MR) is 64.4 cm³/mol. The minimum absolute atomic E-state index is 0.727. The van der Waals surface area contributed by atoms with Gasteiger partial charge in [0.05, 0.1) is 25.8 Å². The molecule has 0 saturated carbocycles. The van der Waals surface area contributed by atoms with Crippen molar-refractivity contribution in [3.8, 4) is 0 Å². The van der Waals surface area contributed by atoms with E-state index in [1.165, 1.54) is 31.4 Å². The van der Waals surface area contributed by atoms with Crippen LogP contribution in [-0.4, -0.2) is 24.1 Å². The van der Waals surface area contributed by atoms with E-state index >= 15 is 0 Å². The maximum atomic E-state index is 3.98. The van der Waals surface area contributed by atoms with Crippen molar-refractivity contribution in [2.75, 3.05) is 13.6 Å². The number of rotatable bonds is 3. The van der Waals surface area contributed by atoms with E-state index in [0.717, 1.165) is 10.5 Å². The summed E-state index contributed by atoms with van der Waals surface area (Å²) in [7, 11) is 2.30. The normalized spacial score (nSPS) is 30.3. The van der Waals surface area contributed by atoms with Crippen molar-refractivity contribution in [2.24, 2.45) is 0 Å². The SMILES string of the molecule is C=C[N+]1(C)CCCC1Cc1ccccc1. The fraction of sp³-hybridized carbons (Fsp3) is 0.429. The highest BCUT2D eigenvalue weighted by Gasteiger charge is 2.35. The molecule has 1 aromatic carbocycles. The Morgan fingerprint density at radius 2 is 2.13 bits per heavy atom. The molecule has 0 aromatic heterocycles. The smallest absolute Gasteiger partial charge is 0.0973 e. The zero-order valence-electron chi connectivity index (χ0n) is 9.52. The molecule has 1 heterocycles. The van der Waals surface area contributed by atoms with Gasteiger partial charge in [0.2, 0.25) is 0 Å². The van der Waals surface area contributed by atoms with Crippen LogP contribution in [0.15, 0.2) is 43.1 Å². The van der Waals surface area contributed by atoms with Crippen LogP contribution in [0, 0.1) is 0 Å². The molecule has 1 fully saturated rings. The van der Waals surface area contributed by atoms with Gasteiger partial charge < -0.3 is 0 Å². The summed E-state index contributed by atoms with van der Waals surface area (Å²) < 4.78 is 1.04. The lowest BCUT2D eigenvalue weighted by Gasteiger charge is -2.32. The topological polar surface area (TPSA) is 0 Å². The van der Waals surface area contributed by atoms with Gasteiger partial charge in [0.1, 0.15) is 0 Å². The van der Waals surface area contributed by atoms with Crippen LogP contribution in [0.4, 0.5) is 0 Å². The van der Waals surface area contributed by atoms with E-state index in [0.29, 0.717) is 0 Å². The van der Waals surface area contributed by atoms with Crippen LogP contribution < -0.4 is 0 Å². The molecule has 2 unspecified atom stereocenters. The first-order chi connectivity index (χ1) is 7.24. The second-order valence-corrected chi connectivity index (χ2v) is 4.74. The van der Waals surface area contributed by atoms with Crippen LogP contribution in [0.1, 0.15) is 18.4 Å². The lowest BCUT2D eigenvalue weighted by molar-refractivity contribution is -0.871.